The molecule has 0 aromatic carbocycles. The summed E-state index contributed by atoms with van der Waals surface area (Å²) in [4.78, 5) is 10.8. The molecule has 1 amide bonds. The van der Waals surface area contributed by atoms with E-state index in [9.17, 15) is 4.79 Å². The SMILES string of the molecule is CC(C)NCCNCCCCCNC(=O)SS. The van der Waals surface area contributed by atoms with Crippen LogP contribution in [0.5, 0.6) is 0 Å². The number of hydrogen-bond acceptors (Lipinski definition) is 5. The molecule has 17 heavy (non-hydrogen) atoms. The lowest BCUT2D eigenvalue weighted by atomic mass is 10.2. The fraction of sp³-hybridized carbons (Fsp3) is 0.909. The molecule has 0 bridgehead atoms. The number of nitrogens with one attached hydrogen (secondary N) is 3. The smallest absolute Gasteiger partial charge is 0.289 e. The highest BCUT2D eigenvalue weighted by Crippen LogP contribution is 2.04. The Morgan fingerprint density at radius 1 is 1.12 bits per heavy atom. The number of rotatable bonds is 10. The molecule has 102 valence electrons. The lowest BCUT2D eigenvalue weighted by Crippen LogP contribution is -2.32. The molecule has 0 aromatic heterocycles. The van der Waals surface area contributed by atoms with Gasteiger partial charge in [0.05, 0.1) is 0 Å². The summed E-state index contributed by atoms with van der Waals surface area (Å²) >= 11 is 3.81. The molecular formula is C11H25N3OS2. The maximum atomic E-state index is 10.8. The van der Waals surface area contributed by atoms with Crippen LogP contribution in [-0.4, -0.2) is 37.5 Å². The Morgan fingerprint density at radius 3 is 2.47 bits per heavy atom. The van der Waals surface area contributed by atoms with E-state index in [0.717, 1.165) is 56.2 Å². The van der Waals surface area contributed by atoms with Crippen LogP contribution in [0, 0.1) is 0 Å². The van der Waals surface area contributed by atoms with Gasteiger partial charge in [-0.3, -0.25) is 4.79 Å². The predicted molar refractivity (Wildman–Crippen MR) is 79.8 cm³/mol. The molecule has 0 unspecified atom stereocenters. The first-order chi connectivity index (χ1) is 8.16. The molecule has 0 aliphatic heterocycles. The van der Waals surface area contributed by atoms with Crippen molar-refractivity contribution in [1.82, 2.24) is 16.0 Å². The third-order valence-electron chi connectivity index (χ3n) is 2.24. The maximum Gasteiger partial charge on any atom is 0.289 e. The van der Waals surface area contributed by atoms with Crippen molar-refractivity contribution in [2.45, 2.75) is 39.2 Å². The van der Waals surface area contributed by atoms with Crippen molar-refractivity contribution in [3.05, 3.63) is 0 Å². The van der Waals surface area contributed by atoms with E-state index < -0.39 is 0 Å². The van der Waals surface area contributed by atoms with Crippen molar-refractivity contribution in [3.8, 4) is 0 Å². The highest BCUT2D eigenvalue weighted by molar-refractivity contribution is 8.74. The van der Waals surface area contributed by atoms with E-state index in [1.54, 1.807) is 0 Å². The van der Waals surface area contributed by atoms with E-state index in [1.165, 1.54) is 0 Å². The van der Waals surface area contributed by atoms with Crippen molar-refractivity contribution in [3.63, 3.8) is 0 Å². The van der Waals surface area contributed by atoms with E-state index in [0.29, 0.717) is 6.04 Å². The molecule has 0 fully saturated rings. The van der Waals surface area contributed by atoms with Crippen LogP contribution in [0.15, 0.2) is 0 Å². The first kappa shape index (κ1) is 17.1. The summed E-state index contributed by atoms with van der Waals surface area (Å²) in [7, 11) is 0.930. The van der Waals surface area contributed by atoms with Crippen LogP contribution in [0.4, 0.5) is 4.79 Å². The number of hydrogen-bond donors (Lipinski definition) is 4. The Morgan fingerprint density at radius 2 is 1.82 bits per heavy atom. The number of carbonyl (C=O) groups is 1. The fourth-order valence-electron chi connectivity index (χ4n) is 1.35. The molecule has 4 nitrogen and oxygen atoms in total. The minimum atomic E-state index is -0.0637. The maximum absolute atomic E-state index is 10.8. The minimum absolute atomic E-state index is 0.0637. The molecule has 0 atom stereocenters. The second-order valence-corrected chi connectivity index (χ2v) is 5.33. The van der Waals surface area contributed by atoms with E-state index in [1.807, 2.05) is 0 Å². The molecule has 0 radical (unpaired) electrons. The van der Waals surface area contributed by atoms with Crippen LogP contribution in [0.25, 0.3) is 0 Å². The van der Waals surface area contributed by atoms with Crippen LogP contribution in [0.3, 0.4) is 0 Å². The number of thiol groups is 1. The molecule has 0 aliphatic rings. The summed E-state index contributed by atoms with van der Waals surface area (Å²) in [6, 6.07) is 0.560. The van der Waals surface area contributed by atoms with Gasteiger partial charge < -0.3 is 16.0 Å². The first-order valence-electron chi connectivity index (χ1n) is 6.20. The summed E-state index contributed by atoms with van der Waals surface area (Å²) in [5.74, 6) is 0. The van der Waals surface area contributed by atoms with Crippen molar-refractivity contribution in [1.29, 1.82) is 0 Å². The third kappa shape index (κ3) is 14.0. The van der Waals surface area contributed by atoms with Crippen LogP contribution in [-0.2, 0) is 0 Å². The minimum Gasteiger partial charge on any atom is -0.346 e. The molecule has 0 spiro atoms. The van der Waals surface area contributed by atoms with Crippen molar-refractivity contribution in [2.24, 2.45) is 0 Å². The van der Waals surface area contributed by atoms with Gasteiger partial charge >= 0.3 is 0 Å². The summed E-state index contributed by atoms with van der Waals surface area (Å²) in [6.45, 7) is 8.14. The average Bonchev–Trinajstić information content (AvgIpc) is 2.30. The normalized spacial score (nSPS) is 10.8. The fourth-order valence-corrected chi connectivity index (χ4v) is 1.71. The van der Waals surface area contributed by atoms with Gasteiger partial charge in [0.25, 0.3) is 5.24 Å². The zero-order chi connectivity index (χ0) is 12.9. The monoisotopic (exact) mass is 279 g/mol. The molecule has 0 saturated heterocycles. The number of amides is 1. The van der Waals surface area contributed by atoms with Gasteiger partial charge in [-0.25, -0.2) is 0 Å². The van der Waals surface area contributed by atoms with Gasteiger partial charge in [0.2, 0.25) is 0 Å². The first-order valence-corrected chi connectivity index (χ1v) is 8.07. The zero-order valence-electron chi connectivity index (χ0n) is 10.8. The molecular weight excluding hydrogens is 254 g/mol. The molecule has 0 saturated carbocycles. The van der Waals surface area contributed by atoms with Gasteiger partial charge in [0, 0.05) is 36.5 Å². The van der Waals surface area contributed by atoms with E-state index >= 15 is 0 Å². The average molecular weight is 279 g/mol. The Labute approximate surface area is 114 Å². The summed E-state index contributed by atoms with van der Waals surface area (Å²) in [5, 5.41) is 9.45. The second kappa shape index (κ2) is 12.5. The number of carbonyl (C=O) groups excluding carboxylic acids is 1. The standard InChI is InChI=1S/C11H25N3OS2/c1-10(2)13-9-8-12-6-4-3-5-7-14-11(15)17-16/h10,12-13,16H,3-9H2,1-2H3,(H,14,15). The van der Waals surface area contributed by atoms with Gasteiger partial charge in [-0.2, -0.15) is 0 Å². The molecule has 0 heterocycles. The van der Waals surface area contributed by atoms with E-state index in [-0.39, 0.29) is 5.24 Å². The lowest BCUT2D eigenvalue weighted by Gasteiger charge is -2.08. The number of unbranched alkanes of at least 4 members (excludes halogenated alkanes) is 2. The zero-order valence-corrected chi connectivity index (χ0v) is 12.5. The van der Waals surface area contributed by atoms with Crippen LogP contribution in [0.2, 0.25) is 0 Å². The van der Waals surface area contributed by atoms with Gasteiger partial charge in [-0.1, -0.05) is 20.3 Å². The Balaban J connectivity index is 3.01. The Bertz CT molecular complexity index is 192. The van der Waals surface area contributed by atoms with Gasteiger partial charge in [-0.05, 0) is 19.4 Å². The Kier molecular flexibility index (Phi) is 12.6. The summed E-state index contributed by atoms with van der Waals surface area (Å²) in [6.07, 6.45) is 3.33. The molecule has 0 rings (SSSR count). The largest absolute Gasteiger partial charge is 0.346 e. The topological polar surface area (TPSA) is 53.2 Å². The van der Waals surface area contributed by atoms with Gasteiger partial charge in [0.15, 0.2) is 0 Å². The molecule has 0 aliphatic carbocycles. The van der Waals surface area contributed by atoms with Crippen LogP contribution < -0.4 is 16.0 Å². The van der Waals surface area contributed by atoms with Crippen molar-refractivity contribution >= 4 is 27.7 Å². The quantitative estimate of drug-likeness (QED) is 0.281. The van der Waals surface area contributed by atoms with Crippen molar-refractivity contribution in [2.75, 3.05) is 26.2 Å². The summed E-state index contributed by atoms with van der Waals surface area (Å²) in [5.41, 5.74) is 0. The second-order valence-electron chi connectivity index (χ2n) is 4.23. The van der Waals surface area contributed by atoms with E-state index in [4.69, 9.17) is 0 Å². The van der Waals surface area contributed by atoms with Gasteiger partial charge in [-0.15, -0.1) is 11.7 Å². The molecule has 0 aromatic rings. The third-order valence-corrected chi connectivity index (χ3v) is 3.04. The predicted octanol–water partition coefficient (Wildman–Crippen LogP) is 2.03. The highest BCUT2D eigenvalue weighted by Gasteiger charge is 1.96. The Hall–Kier alpha value is 0.0900. The molecule has 6 heteroatoms. The molecule has 3 N–H and O–H groups in total. The van der Waals surface area contributed by atoms with Gasteiger partial charge in [0.1, 0.15) is 0 Å². The highest BCUT2D eigenvalue weighted by atomic mass is 33.1. The van der Waals surface area contributed by atoms with Crippen LogP contribution >= 0.6 is 22.5 Å². The van der Waals surface area contributed by atoms with Crippen molar-refractivity contribution < 1.29 is 4.79 Å². The summed E-state index contributed by atoms with van der Waals surface area (Å²) < 4.78 is 0. The van der Waals surface area contributed by atoms with E-state index in [2.05, 4.69) is 41.5 Å². The van der Waals surface area contributed by atoms with Crippen LogP contribution in [0.1, 0.15) is 33.1 Å². The lowest BCUT2D eigenvalue weighted by molar-refractivity contribution is 0.260.